The van der Waals surface area contributed by atoms with E-state index in [9.17, 15) is 13.2 Å². The van der Waals surface area contributed by atoms with Crippen molar-refractivity contribution in [2.75, 3.05) is 0 Å². The molecule has 0 spiro atoms. The van der Waals surface area contributed by atoms with Gasteiger partial charge in [-0.1, -0.05) is 11.6 Å². The second-order valence-corrected chi connectivity index (χ2v) is 4.59. The molecule has 3 heterocycles. The van der Waals surface area contributed by atoms with Crippen LogP contribution in [-0.4, -0.2) is 36.3 Å². The van der Waals surface area contributed by atoms with E-state index in [4.69, 9.17) is 16.0 Å². The minimum Gasteiger partial charge on any atom is -0.424 e. The van der Waals surface area contributed by atoms with Crippen molar-refractivity contribution < 1.29 is 22.3 Å². The summed E-state index contributed by atoms with van der Waals surface area (Å²) in [4.78, 5) is 7.42. The highest BCUT2D eigenvalue weighted by Gasteiger charge is 2.32. The monoisotopic (exact) mass is 358 g/mol. The molecule has 0 atom stereocenters. The van der Waals surface area contributed by atoms with E-state index in [2.05, 4.69) is 30.0 Å². The molecule has 3 aromatic heterocycles. The highest BCUT2D eigenvalue weighted by Crippen LogP contribution is 2.27. The van der Waals surface area contributed by atoms with Gasteiger partial charge in [0.2, 0.25) is 18.2 Å². The van der Waals surface area contributed by atoms with Gasteiger partial charge in [0.1, 0.15) is 11.5 Å². The molecule has 124 valence electrons. The summed E-state index contributed by atoms with van der Waals surface area (Å²) in [6, 6.07) is 2.34. The number of hydrogen-bond acceptors (Lipinski definition) is 7. The van der Waals surface area contributed by atoms with Crippen LogP contribution >= 0.6 is 11.6 Å². The molecule has 0 aliphatic rings. The van der Waals surface area contributed by atoms with E-state index in [0.29, 0.717) is 0 Å². The van der Waals surface area contributed by atoms with Gasteiger partial charge in [0, 0.05) is 23.9 Å². The highest BCUT2D eigenvalue weighted by molar-refractivity contribution is 6.29. The van der Waals surface area contributed by atoms with Crippen molar-refractivity contribution in [2.45, 2.75) is 6.36 Å². The van der Waals surface area contributed by atoms with Crippen LogP contribution in [0.4, 0.5) is 13.2 Å². The highest BCUT2D eigenvalue weighted by atomic mass is 35.5. The van der Waals surface area contributed by atoms with Gasteiger partial charge in [0.25, 0.3) is 0 Å². The van der Waals surface area contributed by atoms with Gasteiger partial charge in [-0.3, -0.25) is 0 Å². The molecule has 0 amide bonds. The van der Waals surface area contributed by atoms with E-state index in [0.717, 1.165) is 12.5 Å². The molecule has 0 aliphatic heterocycles. The van der Waals surface area contributed by atoms with E-state index in [1.54, 1.807) is 0 Å². The Balaban J connectivity index is 1.84. The standard InChI is InChI=1S/C12H6ClF3N6O2/c13-8-3-7(4-10(19-8)24-12(14,15)16)11-17-5-22(21-11)2-1-9-20-18-6-23-9/h1-6H. The van der Waals surface area contributed by atoms with Gasteiger partial charge >= 0.3 is 6.36 Å². The molecule has 0 aliphatic carbocycles. The van der Waals surface area contributed by atoms with Crippen LogP contribution in [0, 0.1) is 0 Å². The maximum absolute atomic E-state index is 12.3. The van der Waals surface area contributed by atoms with Gasteiger partial charge in [-0.2, -0.15) is 0 Å². The predicted octanol–water partition coefficient (Wildman–Crippen LogP) is 2.90. The number of alkyl halides is 3. The smallest absolute Gasteiger partial charge is 0.424 e. The lowest BCUT2D eigenvalue weighted by Crippen LogP contribution is -2.18. The molecule has 3 aromatic rings. The van der Waals surface area contributed by atoms with Crippen LogP contribution in [0.25, 0.3) is 23.7 Å². The van der Waals surface area contributed by atoms with Crippen molar-refractivity contribution in [3.8, 4) is 17.3 Å². The Bertz CT molecular complexity index is 862. The normalized spacial score (nSPS) is 12.0. The van der Waals surface area contributed by atoms with Crippen LogP contribution in [0.1, 0.15) is 5.89 Å². The molecular formula is C12H6ClF3N6O2. The summed E-state index contributed by atoms with van der Waals surface area (Å²) < 4.78 is 46.8. The molecule has 0 saturated heterocycles. The van der Waals surface area contributed by atoms with E-state index < -0.39 is 12.2 Å². The predicted molar refractivity (Wildman–Crippen MR) is 74.5 cm³/mol. The van der Waals surface area contributed by atoms with Crippen molar-refractivity contribution in [2.24, 2.45) is 0 Å². The summed E-state index contributed by atoms with van der Waals surface area (Å²) in [7, 11) is 0. The third kappa shape index (κ3) is 4.07. The Morgan fingerprint density at radius 1 is 1.29 bits per heavy atom. The average Bonchev–Trinajstić information content (AvgIpc) is 3.14. The largest absolute Gasteiger partial charge is 0.574 e. The molecular weight excluding hydrogens is 353 g/mol. The number of pyridine rings is 1. The van der Waals surface area contributed by atoms with E-state index in [-0.39, 0.29) is 22.4 Å². The SMILES string of the molecule is FC(F)(F)Oc1cc(-c2ncn(C=Cc3nnco3)n2)cc(Cl)n1. The fraction of sp³-hybridized carbons (Fsp3) is 0.0833. The zero-order chi connectivity index (χ0) is 17.2. The van der Waals surface area contributed by atoms with Crippen molar-refractivity contribution in [1.29, 1.82) is 0 Å². The second-order valence-electron chi connectivity index (χ2n) is 4.21. The van der Waals surface area contributed by atoms with E-state index >= 15 is 0 Å². The van der Waals surface area contributed by atoms with Crippen LogP contribution in [0.2, 0.25) is 5.15 Å². The molecule has 3 rings (SSSR count). The Morgan fingerprint density at radius 3 is 2.83 bits per heavy atom. The average molecular weight is 359 g/mol. The maximum atomic E-state index is 12.3. The fourth-order valence-electron chi connectivity index (χ4n) is 1.65. The number of hydrogen-bond donors (Lipinski definition) is 0. The molecule has 0 fully saturated rings. The number of nitrogens with zero attached hydrogens (tertiary/aromatic N) is 6. The Kier molecular flexibility index (Phi) is 4.16. The van der Waals surface area contributed by atoms with Gasteiger partial charge < -0.3 is 9.15 Å². The third-order valence-electron chi connectivity index (χ3n) is 2.50. The Morgan fingerprint density at radius 2 is 2.12 bits per heavy atom. The van der Waals surface area contributed by atoms with Crippen LogP contribution in [0.3, 0.4) is 0 Å². The molecule has 24 heavy (non-hydrogen) atoms. The van der Waals surface area contributed by atoms with Crippen LogP contribution < -0.4 is 4.74 Å². The first-order valence-corrected chi connectivity index (χ1v) is 6.56. The second kappa shape index (κ2) is 6.28. The number of ether oxygens (including phenoxy) is 1. The van der Waals surface area contributed by atoms with Crippen molar-refractivity contribution >= 4 is 23.9 Å². The van der Waals surface area contributed by atoms with Gasteiger partial charge in [-0.05, 0) is 6.07 Å². The lowest BCUT2D eigenvalue weighted by atomic mass is 10.2. The Hall–Kier alpha value is -2.95. The summed E-state index contributed by atoms with van der Waals surface area (Å²) in [5.74, 6) is -0.330. The number of aromatic nitrogens is 6. The number of rotatable bonds is 4. The minimum atomic E-state index is -4.88. The lowest BCUT2D eigenvalue weighted by molar-refractivity contribution is -0.276. The van der Waals surface area contributed by atoms with Gasteiger partial charge in [0.15, 0.2) is 5.82 Å². The minimum absolute atomic E-state index is 0.126. The van der Waals surface area contributed by atoms with Crippen LogP contribution in [0.5, 0.6) is 5.88 Å². The quantitative estimate of drug-likeness (QED) is 0.662. The van der Waals surface area contributed by atoms with Crippen molar-refractivity contribution in [3.05, 3.63) is 35.9 Å². The van der Waals surface area contributed by atoms with Crippen LogP contribution in [0.15, 0.2) is 29.3 Å². The summed E-state index contributed by atoms with van der Waals surface area (Å²) in [6.07, 6.45) is 0.562. The zero-order valence-electron chi connectivity index (χ0n) is 11.5. The Labute approximate surface area is 136 Å². The van der Waals surface area contributed by atoms with Crippen molar-refractivity contribution in [1.82, 2.24) is 29.9 Å². The lowest BCUT2D eigenvalue weighted by Gasteiger charge is -2.08. The summed E-state index contributed by atoms with van der Waals surface area (Å²) in [5, 5.41) is 11.0. The molecule has 0 unspecified atom stereocenters. The zero-order valence-corrected chi connectivity index (χ0v) is 12.2. The molecule has 0 aromatic carbocycles. The summed E-state index contributed by atoms with van der Waals surface area (Å²) in [5.41, 5.74) is 0.208. The first-order chi connectivity index (χ1) is 11.4. The van der Waals surface area contributed by atoms with Gasteiger partial charge in [0.05, 0.1) is 0 Å². The van der Waals surface area contributed by atoms with E-state index in [1.165, 1.54) is 29.4 Å². The fourth-order valence-corrected chi connectivity index (χ4v) is 1.85. The molecule has 0 saturated carbocycles. The topological polar surface area (TPSA) is 91.8 Å². The molecule has 8 nitrogen and oxygen atoms in total. The first kappa shape index (κ1) is 15.9. The van der Waals surface area contributed by atoms with E-state index in [1.807, 2.05) is 0 Å². The first-order valence-electron chi connectivity index (χ1n) is 6.18. The van der Waals surface area contributed by atoms with Gasteiger partial charge in [-0.15, -0.1) is 28.5 Å². The molecule has 0 radical (unpaired) electrons. The third-order valence-corrected chi connectivity index (χ3v) is 2.70. The summed E-state index contributed by atoms with van der Waals surface area (Å²) in [6.45, 7) is 0. The molecule has 12 heteroatoms. The summed E-state index contributed by atoms with van der Waals surface area (Å²) >= 11 is 5.70. The molecule has 0 N–H and O–H groups in total. The van der Waals surface area contributed by atoms with Crippen molar-refractivity contribution in [3.63, 3.8) is 0 Å². The van der Waals surface area contributed by atoms with Crippen LogP contribution in [-0.2, 0) is 0 Å². The molecule has 0 bridgehead atoms. The van der Waals surface area contributed by atoms with Gasteiger partial charge in [-0.25, -0.2) is 14.6 Å². The number of halogens is 4. The maximum Gasteiger partial charge on any atom is 0.574 e.